The topological polar surface area (TPSA) is 126 Å². The number of ether oxygens (including phenoxy) is 1. The lowest BCUT2D eigenvalue weighted by atomic mass is 9.91. The summed E-state index contributed by atoms with van der Waals surface area (Å²) in [7, 11) is -2.20. The van der Waals surface area contributed by atoms with Crippen molar-refractivity contribution in [2.24, 2.45) is 5.92 Å². The Bertz CT molecular complexity index is 1790. The molecule has 0 saturated carbocycles. The van der Waals surface area contributed by atoms with Crippen LogP contribution in [0.5, 0.6) is 0 Å². The molecule has 3 unspecified atom stereocenters. The predicted octanol–water partition coefficient (Wildman–Crippen LogP) is 7.53. The molecule has 1 aromatic carbocycles. The summed E-state index contributed by atoms with van der Waals surface area (Å²) in [5, 5.41) is 16.8. The maximum Gasteiger partial charge on any atom is 0.408 e. The largest absolute Gasteiger partial charge is 0.444 e. The molecule has 4 atom stereocenters. The minimum absolute atomic E-state index is 0.0436. The van der Waals surface area contributed by atoms with E-state index in [4.69, 9.17) is 14.1 Å². The number of carbonyl (C=O) groups is 2. The standard InChI is InChI=1S/C37H48F3N5O5Si/c1-20-18-45(19-27(33(20)46)44-35(48)49-36(2,3)4)32-21-13-16-28(50-51(8,9)37(5,6)7)30(21)41-17-26(32)43-34(47)25-15-14-24(40)31(42-25)29-22(38)11-10-12-23(29)39/h10-12,14-15,17,20,27-28,33,46H,13,16,18-19H2,1-9H3,(H,43,47)(H,44,48)/t20?,27?,28?,33-/m1/s1. The third kappa shape index (κ3) is 8.23. The minimum atomic E-state index is -2.20. The van der Waals surface area contributed by atoms with E-state index >= 15 is 0 Å². The molecule has 0 spiro atoms. The van der Waals surface area contributed by atoms with Gasteiger partial charge in [-0.3, -0.25) is 9.78 Å². The number of fused-ring (bicyclic) bond motifs is 1. The van der Waals surface area contributed by atoms with Gasteiger partial charge in [0, 0.05) is 24.6 Å². The Hall–Kier alpha value is -4.01. The number of anilines is 2. The molecule has 1 aliphatic carbocycles. The second kappa shape index (κ2) is 14.2. The van der Waals surface area contributed by atoms with Crippen LogP contribution in [0.15, 0.2) is 36.5 Å². The molecule has 10 nitrogen and oxygen atoms in total. The lowest BCUT2D eigenvalue weighted by molar-refractivity contribution is 0.0303. The molecule has 2 aromatic heterocycles. The van der Waals surface area contributed by atoms with Crippen molar-refractivity contribution < 1.29 is 37.0 Å². The molecule has 2 amide bonds. The Balaban J connectivity index is 1.54. The maximum absolute atomic E-state index is 14.9. The van der Waals surface area contributed by atoms with Gasteiger partial charge in [-0.25, -0.2) is 22.9 Å². The minimum Gasteiger partial charge on any atom is -0.444 e. The number of hydrogen-bond acceptors (Lipinski definition) is 8. The molecule has 14 heteroatoms. The van der Waals surface area contributed by atoms with Crippen LogP contribution in [0, 0.1) is 23.4 Å². The van der Waals surface area contributed by atoms with Crippen molar-refractivity contribution >= 4 is 31.7 Å². The second-order valence-corrected chi connectivity index (χ2v) is 20.7. The molecule has 51 heavy (non-hydrogen) atoms. The SMILES string of the molecule is CC1CN(c2c(NC(=O)c3ccc(F)c(-c4c(F)cccc4F)n3)cnc3c2CCC3O[Si](C)(C)C(C)(C)C)CC(NC(=O)OC(C)(C)C)[C@@H]1O. The average Bonchev–Trinajstić information content (AvgIpc) is 3.40. The number of carbonyl (C=O) groups excluding carboxylic acids is 2. The van der Waals surface area contributed by atoms with Gasteiger partial charge >= 0.3 is 6.09 Å². The smallest absolute Gasteiger partial charge is 0.408 e. The first-order valence-corrected chi connectivity index (χ1v) is 20.1. The molecule has 1 aliphatic heterocycles. The van der Waals surface area contributed by atoms with E-state index in [2.05, 4.69) is 49.5 Å². The highest BCUT2D eigenvalue weighted by molar-refractivity contribution is 6.74. The molecule has 1 fully saturated rings. The maximum atomic E-state index is 14.9. The molecule has 3 heterocycles. The summed E-state index contributed by atoms with van der Waals surface area (Å²) in [6.07, 6.45) is 0.973. The summed E-state index contributed by atoms with van der Waals surface area (Å²) < 4.78 is 56.4. The number of rotatable bonds is 7. The summed E-state index contributed by atoms with van der Waals surface area (Å²) in [5.74, 6) is -4.09. The van der Waals surface area contributed by atoms with Crippen LogP contribution >= 0.6 is 0 Å². The fourth-order valence-corrected chi connectivity index (χ4v) is 7.59. The van der Waals surface area contributed by atoms with Crippen molar-refractivity contribution in [2.75, 3.05) is 23.3 Å². The number of amides is 2. The Morgan fingerprint density at radius 1 is 1.00 bits per heavy atom. The zero-order chi connectivity index (χ0) is 37.6. The number of nitrogens with zero attached hydrogens (tertiary/aromatic N) is 3. The molecular weight excluding hydrogens is 680 g/mol. The first kappa shape index (κ1) is 38.2. The van der Waals surface area contributed by atoms with E-state index in [0.29, 0.717) is 30.8 Å². The highest BCUT2D eigenvalue weighted by Gasteiger charge is 2.43. The van der Waals surface area contributed by atoms with Crippen molar-refractivity contribution in [1.82, 2.24) is 15.3 Å². The Morgan fingerprint density at radius 2 is 1.67 bits per heavy atom. The number of aromatic nitrogens is 2. The van der Waals surface area contributed by atoms with Gasteiger partial charge < -0.3 is 29.8 Å². The van der Waals surface area contributed by atoms with E-state index in [1.165, 1.54) is 6.20 Å². The molecule has 1 saturated heterocycles. The highest BCUT2D eigenvalue weighted by Crippen LogP contribution is 2.47. The van der Waals surface area contributed by atoms with Crippen molar-refractivity contribution in [3.63, 3.8) is 0 Å². The third-order valence-electron chi connectivity index (χ3n) is 9.85. The normalized spacial score (nSPS) is 20.9. The molecule has 5 rings (SSSR count). The number of piperidine rings is 1. The predicted molar refractivity (Wildman–Crippen MR) is 192 cm³/mol. The van der Waals surface area contributed by atoms with Gasteiger partial charge in [-0.2, -0.15) is 0 Å². The number of hydrogen-bond donors (Lipinski definition) is 3. The van der Waals surface area contributed by atoms with Gasteiger partial charge in [0.1, 0.15) is 34.4 Å². The summed E-state index contributed by atoms with van der Waals surface area (Å²) in [6.45, 7) is 18.6. The first-order valence-electron chi connectivity index (χ1n) is 17.2. The van der Waals surface area contributed by atoms with Crippen LogP contribution < -0.4 is 15.5 Å². The molecule has 276 valence electrons. The van der Waals surface area contributed by atoms with Crippen molar-refractivity contribution in [3.8, 4) is 11.3 Å². The van der Waals surface area contributed by atoms with Crippen LogP contribution in [0.25, 0.3) is 11.3 Å². The zero-order valence-corrected chi connectivity index (χ0v) is 31.7. The van der Waals surface area contributed by atoms with E-state index < -0.39 is 66.8 Å². The number of pyridine rings is 2. The summed E-state index contributed by atoms with van der Waals surface area (Å²) in [4.78, 5) is 37.4. The lowest BCUT2D eigenvalue weighted by Crippen LogP contribution is -2.59. The average molecular weight is 728 g/mol. The van der Waals surface area contributed by atoms with Crippen LogP contribution in [-0.2, 0) is 15.6 Å². The van der Waals surface area contributed by atoms with Crippen LogP contribution in [0.1, 0.15) is 82.7 Å². The number of alkyl carbamates (subject to hydrolysis) is 1. The van der Waals surface area contributed by atoms with Gasteiger partial charge in [-0.05, 0) is 76.0 Å². The van der Waals surface area contributed by atoms with Crippen molar-refractivity contribution in [1.29, 1.82) is 0 Å². The fourth-order valence-electron chi connectivity index (χ4n) is 6.29. The second-order valence-electron chi connectivity index (χ2n) is 16.0. The summed E-state index contributed by atoms with van der Waals surface area (Å²) in [6, 6.07) is 4.48. The van der Waals surface area contributed by atoms with Gasteiger partial charge in [0.05, 0.1) is 47.1 Å². The van der Waals surface area contributed by atoms with Gasteiger partial charge in [-0.1, -0.05) is 33.8 Å². The van der Waals surface area contributed by atoms with E-state index in [-0.39, 0.29) is 29.3 Å². The van der Waals surface area contributed by atoms with E-state index in [9.17, 15) is 27.9 Å². The third-order valence-corrected chi connectivity index (χ3v) is 14.3. The number of nitrogens with one attached hydrogen (secondary N) is 2. The quantitative estimate of drug-likeness (QED) is 0.213. The Morgan fingerprint density at radius 3 is 2.29 bits per heavy atom. The van der Waals surface area contributed by atoms with Crippen molar-refractivity contribution in [3.05, 3.63) is 70.9 Å². The molecule has 0 radical (unpaired) electrons. The number of aliphatic hydroxyl groups excluding tert-OH is 1. The van der Waals surface area contributed by atoms with Gasteiger partial charge in [0.15, 0.2) is 8.32 Å². The van der Waals surface area contributed by atoms with E-state index in [1.54, 1.807) is 20.8 Å². The number of aliphatic hydroxyl groups is 1. The Labute approximate surface area is 298 Å². The molecule has 2 aliphatic rings. The van der Waals surface area contributed by atoms with Crippen molar-refractivity contribution in [2.45, 2.75) is 103 Å². The monoisotopic (exact) mass is 727 g/mol. The van der Waals surface area contributed by atoms with Crippen LogP contribution in [0.4, 0.5) is 29.3 Å². The molecule has 3 N–H and O–H groups in total. The van der Waals surface area contributed by atoms with Crippen LogP contribution in [-0.4, -0.2) is 66.2 Å². The Kier molecular flexibility index (Phi) is 10.6. The fraction of sp³-hybridized carbons (Fsp3) is 0.514. The van der Waals surface area contributed by atoms with Gasteiger partial charge in [-0.15, -0.1) is 0 Å². The first-order chi connectivity index (χ1) is 23.7. The molecule has 3 aromatic rings. The number of halogens is 3. The zero-order valence-electron chi connectivity index (χ0n) is 30.7. The van der Waals surface area contributed by atoms with E-state index in [1.807, 2.05) is 11.8 Å². The van der Waals surface area contributed by atoms with Crippen LogP contribution in [0.2, 0.25) is 18.1 Å². The van der Waals surface area contributed by atoms with Crippen LogP contribution in [0.3, 0.4) is 0 Å². The summed E-state index contributed by atoms with van der Waals surface area (Å²) in [5.41, 5.74) is 0.240. The molecule has 0 bridgehead atoms. The molecular formula is C37H48F3N5O5Si. The summed E-state index contributed by atoms with van der Waals surface area (Å²) >= 11 is 0. The van der Waals surface area contributed by atoms with Gasteiger partial charge in [0.25, 0.3) is 5.91 Å². The van der Waals surface area contributed by atoms with Gasteiger partial charge in [0.2, 0.25) is 0 Å². The highest BCUT2D eigenvalue weighted by atomic mass is 28.4. The van der Waals surface area contributed by atoms with E-state index in [0.717, 1.165) is 41.6 Å². The number of benzene rings is 1. The lowest BCUT2D eigenvalue weighted by Gasteiger charge is -2.43.